The number of anilines is 1. The molecule has 1 saturated heterocycles. The first-order valence-corrected chi connectivity index (χ1v) is 12.5. The summed E-state index contributed by atoms with van der Waals surface area (Å²) < 4.78 is 27.4. The van der Waals surface area contributed by atoms with E-state index in [0.717, 1.165) is 34.7 Å². The Labute approximate surface area is 189 Å². The van der Waals surface area contributed by atoms with Crippen LogP contribution < -0.4 is 9.73 Å². The number of aromatic nitrogens is 2. The third-order valence-corrected chi connectivity index (χ3v) is 8.39. The van der Waals surface area contributed by atoms with Gasteiger partial charge < -0.3 is 4.98 Å². The van der Waals surface area contributed by atoms with Crippen molar-refractivity contribution in [2.45, 2.75) is 16.7 Å². The molecule has 11 heteroatoms. The molecule has 4 heterocycles. The number of carbonyl (C=O) groups is 1. The number of rotatable bonds is 6. The third kappa shape index (κ3) is 3.87. The maximum atomic E-state index is 13.1. The number of nitrogens with one attached hydrogen (secondary N) is 2. The van der Waals surface area contributed by atoms with Gasteiger partial charge in [0, 0.05) is 43.4 Å². The van der Waals surface area contributed by atoms with Gasteiger partial charge in [-0.05, 0) is 24.3 Å². The zero-order chi connectivity index (χ0) is 22.3. The molecule has 2 aliphatic heterocycles. The molecule has 2 aliphatic rings. The summed E-state index contributed by atoms with van der Waals surface area (Å²) in [7, 11) is -2.26. The van der Waals surface area contributed by atoms with Gasteiger partial charge in [-0.3, -0.25) is 19.5 Å². The monoisotopic (exact) mass is 470 g/mol. The van der Waals surface area contributed by atoms with Crippen LogP contribution in [0.2, 0.25) is 0 Å². The van der Waals surface area contributed by atoms with E-state index < -0.39 is 10.0 Å². The van der Waals surface area contributed by atoms with Gasteiger partial charge >= 0.3 is 0 Å². The number of aromatic amines is 1. The Morgan fingerprint density at radius 3 is 2.88 bits per heavy atom. The van der Waals surface area contributed by atoms with Gasteiger partial charge in [0.25, 0.3) is 10.0 Å². The Bertz CT molecular complexity index is 1310. The third-order valence-electron chi connectivity index (χ3n) is 5.50. The zero-order valence-electron chi connectivity index (χ0n) is 17.4. The number of fused-ring (bicyclic) bond motifs is 1. The van der Waals surface area contributed by atoms with Crippen LogP contribution in [0.3, 0.4) is 0 Å². The Morgan fingerprint density at radius 1 is 1.25 bits per heavy atom. The number of sulfonamides is 1. The molecule has 166 valence electrons. The lowest BCUT2D eigenvalue weighted by Gasteiger charge is -2.19. The number of nitrogens with zero attached hydrogens (tertiary/aromatic N) is 4. The van der Waals surface area contributed by atoms with Gasteiger partial charge in [0.2, 0.25) is 5.91 Å². The summed E-state index contributed by atoms with van der Waals surface area (Å²) in [5.41, 5.74) is 4.98. The van der Waals surface area contributed by atoms with Crippen molar-refractivity contribution in [3.05, 3.63) is 54.4 Å². The lowest BCUT2D eigenvalue weighted by molar-refractivity contribution is -0.121. The summed E-state index contributed by atoms with van der Waals surface area (Å²) in [5.74, 6) is 0.0575. The largest absolute Gasteiger partial charge is 0.351 e. The summed E-state index contributed by atoms with van der Waals surface area (Å²) in [5, 5.41) is 3.98. The molecule has 0 aliphatic carbocycles. The summed E-state index contributed by atoms with van der Waals surface area (Å²) in [6.07, 6.45) is 2.00. The van der Waals surface area contributed by atoms with Gasteiger partial charge in [0.15, 0.2) is 5.03 Å². The van der Waals surface area contributed by atoms with Gasteiger partial charge in [0.05, 0.1) is 23.4 Å². The van der Waals surface area contributed by atoms with E-state index in [-0.39, 0.29) is 16.2 Å². The van der Waals surface area contributed by atoms with Crippen molar-refractivity contribution in [2.75, 3.05) is 31.0 Å². The van der Waals surface area contributed by atoms with Gasteiger partial charge in [-0.25, -0.2) is 9.99 Å². The highest BCUT2D eigenvalue weighted by molar-refractivity contribution is 8.15. The van der Waals surface area contributed by atoms with Gasteiger partial charge in [0.1, 0.15) is 5.04 Å². The Balaban J connectivity index is 1.39. The van der Waals surface area contributed by atoms with Crippen molar-refractivity contribution in [3.63, 3.8) is 0 Å². The summed E-state index contributed by atoms with van der Waals surface area (Å²) in [6.45, 7) is 2.13. The molecule has 0 bridgehead atoms. The van der Waals surface area contributed by atoms with Crippen LogP contribution in [0, 0.1) is 0 Å². The second kappa shape index (κ2) is 8.23. The molecule has 2 aromatic heterocycles. The number of hydrazine groups is 1. The molecule has 1 fully saturated rings. The molecule has 0 saturated carbocycles. The number of amides is 1. The molecule has 1 amide bonds. The van der Waals surface area contributed by atoms with E-state index in [9.17, 15) is 13.2 Å². The molecule has 9 nitrogen and oxygen atoms in total. The fourth-order valence-electron chi connectivity index (χ4n) is 3.86. The first kappa shape index (κ1) is 21.0. The van der Waals surface area contributed by atoms with Crippen LogP contribution in [0.25, 0.3) is 10.9 Å². The van der Waals surface area contributed by atoms with Crippen LogP contribution in [-0.2, 0) is 14.8 Å². The number of carbonyl (C=O) groups excluding carboxylic acids is 1. The minimum Gasteiger partial charge on any atom is -0.351 e. The molecule has 1 unspecified atom stereocenters. The standard InChI is InChI=1S/C21H22N6O3S2/c1-26(32(29,30)19-7-2-3-9-22-19)17-6-4-5-14-11-16(24-20(14)17)21-23-12-15(31-21)13-27-10-8-18(28)25-27/h2-7,9,11,15,24H,8,10,12-13H2,1H3,(H,25,28). The number of H-pyrrole nitrogens is 1. The summed E-state index contributed by atoms with van der Waals surface area (Å²) in [6, 6.07) is 12.4. The number of pyridine rings is 1. The molecule has 0 spiro atoms. The molecule has 1 aromatic carbocycles. The fraction of sp³-hybridized carbons (Fsp3) is 0.286. The Morgan fingerprint density at radius 2 is 2.12 bits per heavy atom. The highest BCUT2D eigenvalue weighted by atomic mass is 32.2. The number of thioether (sulfide) groups is 1. The van der Waals surface area contributed by atoms with E-state index in [1.54, 1.807) is 30.0 Å². The van der Waals surface area contributed by atoms with E-state index >= 15 is 0 Å². The predicted octanol–water partition coefficient (Wildman–Crippen LogP) is 1.99. The van der Waals surface area contributed by atoms with E-state index in [2.05, 4.69) is 20.4 Å². The highest BCUT2D eigenvalue weighted by Crippen LogP contribution is 2.33. The van der Waals surface area contributed by atoms with Gasteiger partial charge in [-0.1, -0.05) is 30.0 Å². The lowest BCUT2D eigenvalue weighted by atomic mass is 10.2. The first-order chi connectivity index (χ1) is 15.4. The number of para-hydroxylation sites is 1. The predicted molar refractivity (Wildman–Crippen MR) is 125 cm³/mol. The van der Waals surface area contributed by atoms with Crippen molar-refractivity contribution < 1.29 is 13.2 Å². The summed E-state index contributed by atoms with van der Waals surface area (Å²) in [4.78, 5) is 23.5. The Kier molecular flexibility index (Phi) is 5.39. The smallest absolute Gasteiger partial charge is 0.281 e. The molecule has 32 heavy (non-hydrogen) atoms. The van der Waals surface area contributed by atoms with Crippen molar-refractivity contribution >= 4 is 49.3 Å². The van der Waals surface area contributed by atoms with Crippen LogP contribution in [0.15, 0.2) is 58.7 Å². The average Bonchev–Trinajstić information content (AvgIpc) is 3.53. The molecule has 2 N–H and O–H groups in total. The van der Waals surface area contributed by atoms with Crippen LogP contribution in [0.5, 0.6) is 0 Å². The van der Waals surface area contributed by atoms with Gasteiger partial charge in [-0.2, -0.15) is 8.42 Å². The van der Waals surface area contributed by atoms with E-state index in [1.807, 2.05) is 23.2 Å². The average molecular weight is 471 g/mol. The lowest BCUT2D eigenvalue weighted by Crippen LogP contribution is -2.38. The molecule has 3 aromatic rings. The SMILES string of the molecule is CN(c1cccc2cc(C3=NCC(CN4CCC(=O)N4)S3)[nH]c12)S(=O)(=O)c1ccccn1. The van der Waals surface area contributed by atoms with Crippen LogP contribution in [-0.4, -0.2) is 66.3 Å². The van der Waals surface area contributed by atoms with Crippen LogP contribution >= 0.6 is 11.8 Å². The fourth-order valence-corrected chi connectivity index (χ4v) is 6.10. The first-order valence-electron chi connectivity index (χ1n) is 10.2. The number of aliphatic imine (C=N–C) groups is 1. The van der Waals surface area contributed by atoms with Crippen molar-refractivity contribution in [2.24, 2.45) is 4.99 Å². The maximum Gasteiger partial charge on any atom is 0.281 e. The second-order valence-corrected chi connectivity index (χ2v) is 10.9. The van der Waals surface area contributed by atoms with Crippen LogP contribution in [0.1, 0.15) is 12.1 Å². The topological polar surface area (TPSA) is 111 Å². The maximum absolute atomic E-state index is 13.1. The van der Waals surface area contributed by atoms with Crippen molar-refractivity contribution in [1.29, 1.82) is 0 Å². The molecule has 5 rings (SSSR count). The molecule has 1 atom stereocenters. The normalized spacial score (nSPS) is 19.3. The molecular formula is C21H22N6O3S2. The summed E-state index contributed by atoms with van der Waals surface area (Å²) >= 11 is 1.67. The van der Waals surface area contributed by atoms with Crippen LogP contribution in [0.4, 0.5) is 5.69 Å². The quantitative estimate of drug-likeness (QED) is 0.570. The van der Waals surface area contributed by atoms with Crippen molar-refractivity contribution in [3.8, 4) is 0 Å². The second-order valence-electron chi connectivity index (χ2n) is 7.68. The number of hydrogen-bond acceptors (Lipinski definition) is 7. The highest BCUT2D eigenvalue weighted by Gasteiger charge is 2.28. The van der Waals surface area contributed by atoms with E-state index in [1.165, 1.54) is 23.6 Å². The van der Waals surface area contributed by atoms with Gasteiger partial charge in [-0.15, -0.1) is 0 Å². The number of benzene rings is 1. The zero-order valence-corrected chi connectivity index (χ0v) is 19.0. The molecule has 0 radical (unpaired) electrons. The number of hydrogen-bond donors (Lipinski definition) is 2. The van der Waals surface area contributed by atoms with Crippen molar-refractivity contribution in [1.82, 2.24) is 20.4 Å². The van der Waals surface area contributed by atoms with E-state index in [4.69, 9.17) is 0 Å². The van der Waals surface area contributed by atoms with E-state index in [0.29, 0.717) is 18.7 Å². The Hall–Kier alpha value is -2.89. The molecular weight excluding hydrogens is 448 g/mol. The minimum atomic E-state index is -3.79. The minimum absolute atomic E-state index is 0.00106.